The third-order valence-electron chi connectivity index (χ3n) is 8.88. The number of benzene rings is 3. The second-order valence-corrected chi connectivity index (χ2v) is 15.7. The highest BCUT2D eigenvalue weighted by Crippen LogP contribution is 2.36. The maximum Gasteiger partial charge on any atom is 0.423 e. The molecular weight excluding hydrogens is 767 g/mol. The van der Waals surface area contributed by atoms with Crippen molar-refractivity contribution >= 4 is 63.2 Å². The molecule has 2 heterocycles. The Morgan fingerprint density at radius 3 is 2.11 bits per heavy atom. The van der Waals surface area contributed by atoms with Crippen LogP contribution in [0.4, 0.5) is 26.5 Å². The van der Waals surface area contributed by atoms with Gasteiger partial charge in [0.15, 0.2) is 21.7 Å². The summed E-state index contributed by atoms with van der Waals surface area (Å²) in [4.78, 5) is 44.6. The minimum absolute atomic E-state index is 0. The average Bonchev–Trinajstić information content (AvgIpc) is 3.55. The number of amides is 2. The van der Waals surface area contributed by atoms with Crippen LogP contribution in [0.3, 0.4) is 0 Å². The van der Waals surface area contributed by atoms with Gasteiger partial charge in [-0.3, -0.25) is 14.9 Å². The number of carbonyl (C=O) groups is 3. The lowest BCUT2D eigenvalue weighted by Crippen LogP contribution is -2.51. The van der Waals surface area contributed by atoms with Gasteiger partial charge in [-0.1, -0.05) is 52.0 Å². The fraction of sp³-hybridized carbons (Fsp3) is 0.308. The van der Waals surface area contributed by atoms with Gasteiger partial charge >= 0.3 is 12.1 Å². The number of nitrogens with zero attached hydrogens (tertiary/aromatic N) is 4. The predicted octanol–water partition coefficient (Wildman–Crippen LogP) is 7.07. The van der Waals surface area contributed by atoms with Crippen molar-refractivity contribution in [2.24, 2.45) is 11.8 Å². The number of sulfone groups is 1. The van der Waals surface area contributed by atoms with Gasteiger partial charge in [0.25, 0.3) is 5.95 Å². The number of anilines is 3. The van der Waals surface area contributed by atoms with Crippen LogP contribution in [0.5, 0.6) is 5.75 Å². The molecule has 298 valence electrons. The number of halogens is 2. The Hall–Kier alpha value is -5.58. The van der Waals surface area contributed by atoms with E-state index in [0.29, 0.717) is 16.9 Å². The third-order valence-corrected chi connectivity index (χ3v) is 9.99. The molecule has 5 aromatic rings. The molecule has 0 spiro atoms. The van der Waals surface area contributed by atoms with Gasteiger partial charge in [-0.25, -0.2) is 27.0 Å². The van der Waals surface area contributed by atoms with E-state index in [1.54, 1.807) is 77.2 Å². The molecule has 1 unspecified atom stereocenters. The number of hydrogen-bond donors (Lipinski definition) is 3. The summed E-state index contributed by atoms with van der Waals surface area (Å²) in [5.41, 5.74) is 3.18. The summed E-state index contributed by atoms with van der Waals surface area (Å²) in [5.74, 6) is -3.07. The van der Waals surface area contributed by atoms with Crippen LogP contribution in [0, 0.1) is 17.7 Å². The molecule has 3 aromatic carbocycles. The van der Waals surface area contributed by atoms with Gasteiger partial charge in [0.2, 0.25) is 5.91 Å². The molecule has 0 saturated heterocycles. The zero-order valence-corrected chi connectivity index (χ0v) is 33.4. The van der Waals surface area contributed by atoms with Crippen LogP contribution >= 0.6 is 12.4 Å². The monoisotopic (exact) mass is 810 g/mol. The van der Waals surface area contributed by atoms with E-state index in [-0.39, 0.29) is 58.2 Å². The standard InChI is InChI=1S/C39H43FN6O8S.ClH/c1-22(2)34(37(48)49)43-36(23(3)4)54-39(50)46(31-18-17-30(55(7,51)52)20-32(31)53-6)38-42-33-19-12-27(21-45(33)44-38)26-10-15-29(16-11-26)41-35(47)24(5)25-8-13-28(40)14-9-25;/h8-24,34,36,43H,1-7H3,(H,41,47)(H,48,49);1H/t24-,34+,36?;/m1./s1. The number of carboxylic acid groups (broad SMARTS) is 1. The van der Waals surface area contributed by atoms with Gasteiger partial charge in [0.05, 0.1) is 23.6 Å². The Bertz CT molecular complexity index is 2300. The first kappa shape index (κ1) is 43.2. The van der Waals surface area contributed by atoms with E-state index in [1.807, 2.05) is 12.1 Å². The Morgan fingerprint density at radius 2 is 1.54 bits per heavy atom. The Labute approximate surface area is 330 Å². The second-order valence-electron chi connectivity index (χ2n) is 13.7. The number of carbonyl (C=O) groups excluding carboxylic acids is 2. The lowest BCUT2D eigenvalue weighted by Gasteiger charge is -2.30. The van der Waals surface area contributed by atoms with Crippen LogP contribution < -0.4 is 20.3 Å². The molecule has 17 heteroatoms. The van der Waals surface area contributed by atoms with Crippen molar-refractivity contribution in [1.29, 1.82) is 0 Å². The van der Waals surface area contributed by atoms with Crippen molar-refractivity contribution in [1.82, 2.24) is 19.9 Å². The maximum atomic E-state index is 14.1. The molecule has 0 aliphatic heterocycles. The van der Waals surface area contributed by atoms with Crippen LogP contribution in [-0.2, 0) is 24.2 Å². The molecule has 0 aliphatic carbocycles. The first-order valence-electron chi connectivity index (χ1n) is 17.4. The van der Waals surface area contributed by atoms with Crippen LogP contribution in [0.25, 0.3) is 16.8 Å². The molecule has 3 atom stereocenters. The SMILES string of the molecule is COc1cc(S(C)(=O)=O)ccc1N(C(=O)OC(N[C@H](C(=O)O)C(C)C)C(C)C)c1nc2ccc(-c3ccc(NC(=O)[C@H](C)c4ccc(F)cc4)cc3)cn2n1.Cl. The molecule has 0 radical (unpaired) electrons. The van der Waals surface area contributed by atoms with Crippen molar-refractivity contribution in [3.63, 3.8) is 0 Å². The molecule has 5 rings (SSSR count). The first-order chi connectivity index (χ1) is 26.0. The van der Waals surface area contributed by atoms with E-state index < -0.39 is 40.1 Å². The van der Waals surface area contributed by atoms with E-state index in [2.05, 4.69) is 20.7 Å². The summed E-state index contributed by atoms with van der Waals surface area (Å²) < 4.78 is 51.0. The summed E-state index contributed by atoms with van der Waals surface area (Å²) in [7, 11) is -2.33. The molecular formula is C39H44ClFN6O8S. The van der Waals surface area contributed by atoms with E-state index in [0.717, 1.165) is 22.3 Å². The molecule has 2 aromatic heterocycles. The second kappa shape index (κ2) is 17.9. The molecule has 14 nitrogen and oxygen atoms in total. The number of methoxy groups -OCH3 is 1. The van der Waals surface area contributed by atoms with E-state index in [9.17, 15) is 32.3 Å². The van der Waals surface area contributed by atoms with Crippen molar-refractivity contribution in [3.05, 3.63) is 96.4 Å². The topological polar surface area (TPSA) is 182 Å². The predicted molar refractivity (Wildman–Crippen MR) is 212 cm³/mol. The summed E-state index contributed by atoms with van der Waals surface area (Å²) in [6.07, 6.45) is 0.707. The number of carboxylic acids is 1. The zero-order chi connectivity index (χ0) is 40.2. The van der Waals surface area contributed by atoms with Gasteiger partial charge < -0.3 is 19.9 Å². The summed E-state index contributed by atoms with van der Waals surface area (Å²) in [6, 6.07) is 19.3. The molecule has 2 amide bonds. The average molecular weight is 811 g/mol. The van der Waals surface area contributed by atoms with Gasteiger partial charge in [-0.05, 0) is 72.5 Å². The van der Waals surface area contributed by atoms with Crippen LogP contribution in [0.1, 0.15) is 46.1 Å². The van der Waals surface area contributed by atoms with E-state index in [4.69, 9.17) is 9.47 Å². The Balaban J connectivity index is 0.00000696. The molecule has 0 saturated carbocycles. The number of aliphatic carboxylic acids is 1. The number of pyridine rings is 1. The summed E-state index contributed by atoms with van der Waals surface area (Å²) >= 11 is 0. The van der Waals surface area contributed by atoms with Gasteiger partial charge in [0, 0.05) is 35.7 Å². The number of nitrogens with one attached hydrogen (secondary N) is 2. The molecule has 0 bridgehead atoms. The van der Waals surface area contributed by atoms with Crippen molar-refractivity contribution in [2.75, 3.05) is 23.6 Å². The lowest BCUT2D eigenvalue weighted by molar-refractivity contribution is -0.142. The van der Waals surface area contributed by atoms with Crippen LogP contribution in [0.2, 0.25) is 0 Å². The number of aromatic nitrogens is 3. The summed E-state index contributed by atoms with van der Waals surface area (Å²) in [5, 5.41) is 20.2. The fourth-order valence-electron chi connectivity index (χ4n) is 5.65. The Morgan fingerprint density at radius 1 is 0.893 bits per heavy atom. The summed E-state index contributed by atoms with van der Waals surface area (Å²) in [6.45, 7) is 8.71. The quantitative estimate of drug-likeness (QED) is 0.0977. The highest BCUT2D eigenvalue weighted by molar-refractivity contribution is 7.90. The smallest absolute Gasteiger partial charge is 0.423 e. The van der Waals surface area contributed by atoms with Gasteiger partial charge in [0.1, 0.15) is 17.6 Å². The maximum absolute atomic E-state index is 14.1. The van der Waals surface area contributed by atoms with Crippen LogP contribution in [0.15, 0.2) is 90.0 Å². The fourth-order valence-corrected chi connectivity index (χ4v) is 6.28. The Kier molecular flexibility index (Phi) is 13.8. The molecule has 0 aliphatic rings. The minimum atomic E-state index is -3.65. The van der Waals surface area contributed by atoms with Crippen molar-refractivity contribution in [2.45, 2.75) is 57.7 Å². The van der Waals surface area contributed by atoms with Gasteiger partial charge in [-0.2, -0.15) is 4.98 Å². The van der Waals surface area contributed by atoms with Gasteiger partial charge in [-0.15, -0.1) is 17.5 Å². The number of fused-ring (bicyclic) bond motifs is 1. The molecule has 56 heavy (non-hydrogen) atoms. The number of hydrogen-bond acceptors (Lipinski definition) is 10. The van der Waals surface area contributed by atoms with Crippen molar-refractivity contribution in [3.8, 4) is 16.9 Å². The van der Waals surface area contributed by atoms with Crippen molar-refractivity contribution < 1.29 is 41.8 Å². The number of ether oxygens (including phenoxy) is 2. The number of rotatable bonds is 14. The highest BCUT2D eigenvalue weighted by atomic mass is 35.5. The zero-order valence-electron chi connectivity index (χ0n) is 31.8. The third kappa shape index (κ3) is 9.99. The minimum Gasteiger partial charge on any atom is -0.495 e. The van der Waals surface area contributed by atoms with Crippen LogP contribution in [-0.4, -0.2) is 71.7 Å². The van der Waals surface area contributed by atoms with E-state index >= 15 is 0 Å². The molecule has 3 N–H and O–H groups in total. The van der Waals surface area contributed by atoms with E-state index in [1.165, 1.54) is 42.0 Å². The highest BCUT2D eigenvalue weighted by Gasteiger charge is 2.33. The first-order valence-corrected chi connectivity index (χ1v) is 19.3. The normalized spacial score (nSPS) is 13.1. The largest absolute Gasteiger partial charge is 0.495 e. The lowest BCUT2D eigenvalue weighted by atomic mass is 10.00. The molecule has 0 fully saturated rings.